The van der Waals surface area contributed by atoms with Crippen molar-refractivity contribution in [3.63, 3.8) is 0 Å². The van der Waals surface area contributed by atoms with E-state index in [4.69, 9.17) is 0 Å². The summed E-state index contributed by atoms with van der Waals surface area (Å²) >= 11 is 0. The normalized spacial score (nSPS) is 33.6. The molecule has 1 N–H and O–H groups in total. The Kier molecular flexibility index (Phi) is 2.56. The molecule has 0 heterocycles. The van der Waals surface area contributed by atoms with Gasteiger partial charge >= 0.3 is 0 Å². The third-order valence-corrected chi connectivity index (χ3v) is 4.79. The van der Waals surface area contributed by atoms with Gasteiger partial charge in [-0.25, -0.2) is 13.0 Å². The molecular formula is C9H13F2NO2S. The van der Waals surface area contributed by atoms with E-state index in [-0.39, 0.29) is 11.2 Å². The Hall–Kier alpha value is -0.520. The van der Waals surface area contributed by atoms with Gasteiger partial charge < -0.3 is 0 Å². The topological polar surface area (TPSA) is 46.2 Å². The van der Waals surface area contributed by atoms with Gasteiger partial charge in [0.2, 0.25) is 12.3 Å². The number of hydrogen-bond acceptors (Lipinski definition) is 2. The fourth-order valence-electron chi connectivity index (χ4n) is 1.45. The van der Waals surface area contributed by atoms with E-state index < -0.39 is 35.2 Å². The first-order valence-corrected chi connectivity index (χ1v) is 6.09. The lowest BCUT2D eigenvalue weighted by molar-refractivity contribution is -0.121. The summed E-state index contributed by atoms with van der Waals surface area (Å²) in [4.78, 5) is 11.4. The molecule has 0 saturated heterocycles. The van der Waals surface area contributed by atoms with Crippen molar-refractivity contribution in [3.05, 3.63) is 0 Å². The Morgan fingerprint density at radius 3 is 2.53 bits per heavy atom. The SMILES string of the molecule is CC1(S(=O)NC(=O)[C@H]2C[C@H]2C(F)F)CC1. The first-order valence-electron chi connectivity index (χ1n) is 4.94. The predicted molar refractivity (Wildman–Crippen MR) is 51.5 cm³/mol. The van der Waals surface area contributed by atoms with Crippen LogP contribution >= 0.6 is 0 Å². The van der Waals surface area contributed by atoms with Crippen molar-refractivity contribution in [1.82, 2.24) is 4.72 Å². The lowest BCUT2D eigenvalue weighted by Gasteiger charge is -2.09. The third-order valence-electron chi connectivity index (χ3n) is 3.10. The number of hydrogen-bond donors (Lipinski definition) is 1. The van der Waals surface area contributed by atoms with Crippen LogP contribution in [0.5, 0.6) is 0 Å². The van der Waals surface area contributed by atoms with Gasteiger partial charge in [0.05, 0.1) is 4.75 Å². The molecule has 0 radical (unpaired) electrons. The van der Waals surface area contributed by atoms with Crippen molar-refractivity contribution < 1.29 is 17.8 Å². The van der Waals surface area contributed by atoms with Crippen LogP contribution in [0.25, 0.3) is 0 Å². The number of rotatable bonds is 4. The van der Waals surface area contributed by atoms with Gasteiger partial charge in [-0.2, -0.15) is 0 Å². The third kappa shape index (κ3) is 2.19. The van der Waals surface area contributed by atoms with Crippen LogP contribution in [-0.4, -0.2) is 21.3 Å². The number of nitrogens with one attached hydrogen (secondary N) is 1. The molecule has 2 aliphatic rings. The number of amides is 1. The van der Waals surface area contributed by atoms with Gasteiger partial charge in [0.1, 0.15) is 11.0 Å². The van der Waals surface area contributed by atoms with Crippen LogP contribution in [-0.2, 0) is 15.8 Å². The Morgan fingerprint density at radius 2 is 2.13 bits per heavy atom. The molecule has 2 saturated carbocycles. The van der Waals surface area contributed by atoms with Crippen LogP contribution in [0.4, 0.5) is 8.78 Å². The zero-order valence-electron chi connectivity index (χ0n) is 8.33. The Bertz CT molecular complexity index is 317. The van der Waals surface area contributed by atoms with Gasteiger partial charge in [-0.05, 0) is 26.2 Å². The van der Waals surface area contributed by atoms with Crippen LogP contribution in [0, 0.1) is 11.8 Å². The van der Waals surface area contributed by atoms with Crippen LogP contribution in [0.1, 0.15) is 26.2 Å². The molecule has 1 unspecified atom stereocenters. The standard InChI is InChI=1S/C9H13F2NO2S/c1-9(2-3-9)15(14)12-8(13)6-4-5(6)7(10)11/h5-7H,2-4H2,1H3,(H,12,13)/t5-,6+,15?/m1/s1. The minimum Gasteiger partial charge on any atom is -0.274 e. The van der Waals surface area contributed by atoms with E-state index in [0.717, 1.165) is 12.8 Å². The first-order chi connectivity index (χ1) is 6.94. The molecule has 3 nitrogen and oxygen atoms in total. The monoisotopic (exact) mass is 237 g/mol. The highest BCUT2D eigenvalue weighted by Gasteiger charge is 2.51. The number of carbonyl (C=O) groups is 1. The van der Waals surface area contributed by atoms with Crippen molar-refractivity contribution in [3.8, 4) is 0 Å². The van der Waals surface area contributed by atoms with E-state index in [0.29, 0.717) is 0 Å². The number of carbonyl (C=O) groups excluding carboxylic acids is 1. The van der Waals surface area contributed by atoms with E-state index >= 15 is 0 Å². The molecule has 86 valence electrons. The lowest BCUT2D eigenvalue weighted by Crippen LogP contribution is -2.34. The van der Waals surface area contributed by atoms with Crippen LogP contribution in [0.2, 0.25) is 0 Å². The molecule has 3 atom stereocenters. The zero-order chi connectivity index (χ0) is 11.2. The highest BCUT2D eigenvalue weighted by atomic mass is 32.2. The first kappa shape index (κ1) is 11.0. The van der Waals surface area contributed by atoms with Gasteiger partial charge in [-0.1, -0.05) is 0 Å². The molecule has 2 aliphatic carbocycles. The Morgan fingerprint density at radius 1 is 1.53 bits per heavy atom. The quantitative estimate of drug-likeness (QED) is 0.799. The molecule has 1 amide bonds. The van der Waals surface area contributed by atoms with E-state index in [1.807, 2.05) is 6.92 Å². The summed E-state index contributed by atoms with van der Waals surface area (Å²) in [6, 6.07) is 0. The van der Waals surface area contributed by atoms with Gasteiger partial charge in [-0.3, -0.25) is 9.52 Å². The molecule has 15 heavy (non-hydrogen) atoms. The minimum absolute atomic E-state index is 0.220. The average molecular weight is 237 g/mol. The van der Waals surface area contributed by atoms with Crippen LogP contribution in [0.15, 0.2) is 0 Å². The predicted octanol–water partition coefficient (Wildman–Crippen LogP) is 1.22. The summed E-state index contributed by atoms with van der Waals surface area (Å²) in [5, 5.41) is 0. The maximum Gasteiger partial charge on any atom is 0.242 e. The molecule has 6 heteroatoms. The van der Waals surface area contributed by atoms with Gasteiger partial charge in [0.25, 0.3) is 0 Å². The molecule has 2 rings (SSSR count). The Balaban J connectivity index is 1.81. The Labute approximate surface area is 89.2 Å². The van der Waals surface area contributed by atoms with Gasteiger partial charge in [-0.15, -0.1) is 0 Å². The van der Waals surface area contributed by atoms with Crippen molar-refractivity contribution in [2.45, 2.75) is 37.4 Å². The fourth-order valence-corrected chi connectivity index (χ4v) is 2.50. The summed E-state index contributed by atoms with van der Waals surface area (Å²) < 4.78 is 37.9. The molecule has 0 aliphatic heterocycles. The van der Waals surface area contributed by atoms with Crippen LogP contribution in [0.3, 0.4) is 0 Å². The number of alkyl halides is 2. The smallest absolute Gasteiger partial charge is 0.242 e. The second kappa shape index (κ2) is 3.50. The molecule has 0 aromatic rings. The second-order valence-electron chi connectivity index (χ2n) is 4.53. The molecular weight excluding hydrogens is 224 g/mol. The second-order valence-corrected chi connectivity index (χ2v) is 6.25. The van der Waals surface area contributed by atoms with E-state index in [1.165, 1.54) is 0 Å². The summed E-state index contributed by atoms with van der Waals surface area (Å²) in [6.45, 7) is 1.82. The highest BCUT2D eigenvalue weighted by Crippen LogP contribution is 2.44. The van der Waals surface area contributed by atoms with Crippen LogP contribution < -0.4 is 4.72 Å². The van der Waals surface area contributed by atoms with Gasteiger partial charge in [0.15, 0.2) is 0 Å². The average Bonchev–Trinajstić information content (AvgIpc) is 2.96. The van der Waals surface area contributed by atoms with E-state index in [2.05, 4.69) is 4.72 Å². The summed E-state index contributed by atoms with van der Waals surface area (Å²) in [5.41, 5.74) is 0. The van der Waals surface area contributed by atoms with Gasteiger partial charge in [0, 0.05) is 11.8 Å². The summed E-state index contributed by atoms with van der Waals surface area (Å²) in [6.07, 6.45) is -0.575. The zero-order valence-corrected chi connectivity index (χ0v) is 9.15. The maximum atomic E-state index is 12.2. The van der Waals surface area contributed by atoms with Crippen molar-refractivity contribution in [2.75, 3.05) is 0 Å². The molecule has 0 bridgehead atoms. The summed E-state index contributed by atoms with van der Waals surface area (Å²) in [5.74, 6) is -1.93. The summed E-state index contributed by atoms with van der Waals surface area (Å²) in [7, 11) is -1.41. The highest BCUT2D eigenvalue weighted by molar-refractivity contribution is 7.85. The maximum absolute atomic E-state index is 12.2. The molecule has 2 fully saturated rings. The van der Waals surface area contributed by atoms with Crippen molar-refractivity contribution >= 4 is 16.9 Å². The lowest BCUT2D eigenvalue weighted by atomic mass is 10.3. The largest absolute Gasteiger partial charge is 0.274 e. The van der Waals surface area contributed by atoms with E-state index in [1.54, 1.807) is 0 Å². The van der Waals surface area contributed by atoms with Crippen molar-refractivity contribution in [1.29, 1.82) is 0 Å². The van der Waals surface area contributed by atoms with E-state index in [9.17, 15) is 17.8 Å². The minimum atomic E-state index is -2.44. The fraction of sp³-hybridized carbons (Fsp3) is 0.889. The molecule has 0 aromatic carbocycles. The molecule has 0 aromatic heterocycles. The van der Waals surface area contributed by atoms with Crippen molar-refractivity contribution in [2.24, 2.45) is 11.8 Å². The molecule has 0 spiro atoms. The number of halogens is 2.